The van der Waals surface area contributed by atoms with E-state index >= 15 is 0 Å². The summed E-state index contributed by atoms with van der Waals surface area (Å²) < 4.78 is 5.76. The fourth-order valence-electron chi connectivity index (χ4n) is 1.51. The van der Waals surface area contributed by atoms with E-state index in [-0.39, 0.29) is 6.10 Å². The summed E-state index contributed by atoms with van der Waals surface area (Å²) in [7, 11) is 0. The van der Waals surface area contributed by atoms with Gasteiger partial charge in [-0.05, 0) is 28.8 Å². The number of thiophene rings is 1. The van der Waals surface area contributed by atoms with Crippen LogP contribution in [0.3, 0.4) is 0 Å². The van der Waals surface area contributed by atoms with Crippen molar-refractivity contribution in [1.82, 2.24) is 0 Å². The van der Waals surface area contributed by atoms with E-state index in [4.69, 9.17) is 10.5 Å². The summed E-state index contributed by atoms with van der Waals surface area (Å²) in [5.74, 6) is 0. The lowest BCUT2D eigenvalue weighted by Crippen LogP contribution is -2.15. The molecule has 0 radical (unpaired) electrons. The molecule has 0 aromatic carbocycles. The first-order valence-electron chi connectivity index (χ1n) is 5.72. The molecule has 0 aliphatic heterocycles. The van der Waals surface area contributed by atoms with Crippen LogP contribution in [-0.4, -0.2) is 13.2 Å². The predicted molar refractivity (Wildman–Crippen MR) is 66.2 cm³/mol. The second-order valence-electron chi connectivity index (χ2n) is 3.71. The van der Waals surface area contributed by atoms with Crippen molar-refractivity contribution >= 4 is 11.3 Å². The largest absolute Gasteiger partial charge is 0.372 e. The molecule has 1 rings (SSSR count). The number of hydrogen-bond donors (Lipinski definition) is 1. The Morgan fingerprint density at radius 2 is 2.27 bits per heavy atom. The number of nitrogens with two attached hydrogens (primary N) is 1. The first-order chi connectivity index (χ1) is 7.38. The Balaban J connectivity index is 2.18. The molecule has 0 aliphatic carbocycles. The van der Waals surface area contributed by atoms with Gasteiger partial charge in [0.25, 0.3) is 0 Å². The van der Waals surface area contributed by atoms with Crippen molar-refractivity contribution in [3.05, 3.63) is 22.4 Å². The van der Waals surface area contributed by atoms with Crippen LogP contribution in [0.4, 0.5) is 0 Å². The molecule has 1 aromatic heterocycles. The van der Waals surface area contributed by atoms with Crippen LogP contribution in [0, 0.1) is 0 Å². The minimum Gasteiger partial charge on any atom is -0.372 e. The van der Waals surface area contributed by atoms with Crippen LogP contribution < -0.4 is 5.73 Å². The van der Waals surface area contributed by atoms with Crippen LogP contribution in [0.1, 0.15) is 44.3 Å². The number of ether oxygens (including phenoxy) is 1. The predicted octanol–water partition coefficient (Wildman–Crippen LogP) is 3.34. The van der Waals surface area contributed by atoms with Gasteiger partial charge >= 0.3 is 0 Å². The van der Waals surface area contributed by atoms with E-state index in [9.17, 15) is 0 Å². The molecule has 0 bridgehead atoms. The van der Waals surface area contributed by atoms with E-state index in [0.29, 0.717) is 6.54 Å². The molecule has 2 nitrogen and oxygen atoms in total. The standard InChI is InChI=1S/C12H21NOS/c1-2-3-4-5-7-14-12(9-13)11-6-8-15-10-11/h6,8,10,12H,2-5,7,9,13H2,1H3. The van der Waals surface area contributed by atoms with E-state index in [0.717, 1.165) is 13.0 Å². The normalized spacial score (nSPS) is 12.9. The van der Waals surface area contributed by atoms with Crippen LogP contribution in [0.15, 0.2) is 16.8 Å². The summed E-state index contributed by atoms with van der Waals surface area (Å²) in [5.41, 5.74) is 6.90. The molecule has 3 heteroatoms. The van der Waals surface area contributed by atoms with Gasteiger partial charge in [-0.2, -0.15) is 11.3 Å². The Labute approximate surface area is 96.4 Å². The quantitative estimate of drug-likeness (QED) is 0.691. The van der Waals surface area contributed by atoms with Crippen LogP contribution in [0.25, 0.3) is 0 Å². The lowest BCUT2D eigenvalue weighted by Gasteiger charge is -2.14. The fourth-order valence-corrected chi connectivity index (χ4v) is 2.21. The molecule has 1 unspecified atom stereocenters. The average molecular weight is 227 g/mol. The maximum Gasteiger partial charge on any atom is 0.0955 e. The molecular weight excluding hydrogens is 206 g/mol. The third-order valence-corrected chi connectivity index (χ3v) is 3.15. The molecule has 1 atom stereocenters. The van der Waals surface area contributed by atoms with Gasteiger partial charge in [0, 0.05) is 13.2 Å². The minimum absolute atomic E-state index is 0.0953. The van der Waals surface area contributed by atoms with Crippen LogP contribution in [-0.2, 0) is 4.74 Å². The van der Waals surface area contributed by atoms with Gasteiger partial charge in [-0.15, -0.1) is 0 Å². The molecule has 0 spiro atoms. The molecule has 1 heterocycles. The molecular formula is C12H21NOS. The Morgan fingerprint density at radius 1 is 1.40 bits per heavy atom. The zero-order valence-corrected chi connectivity index (χ0v) is 10.3. The molecule has 0 amide bonds. The minimum atomic E-state index is 0.0953. The van der Waals surface area contributed by atoms with Gasteiger partial charge < -0.3 is 10.5 Å². The van der Waals surface area contributed by atoms with E-state index in [1.807, 2.05) is 0 Å². The molecule has 2 N–H and O–H groups in total. The number of rotatable bonds is 8. The smallest absolute Gasteiger partial charge is 0.0955 e. The van der Waals surface area contributed by atoms with Crippen LogP contribution >= 0.6 is 11.3 Å². The van der Waals surface area contributed by atoms with E-state index in [1.165, 1.54) is 24.8 Å². The van der Waals surface area contributed by atoms with Crippen LogP contribution in [0.5, 0.6) is 0 Å². The summed E-state index contributed by atoms with van der Waals surface area (Å²) in [6.45, 7) is 3.62. The summed E-state index contributed by atoms with van der Waals surface area (Å²) in [6, 6.07) is 2.09. The number of hydrogen-bond acceptors (Lipinski definition) is 3. The monoisotopic (exact) mass is 227 g/mol. The molecule has 0 fully saturated rings. The Hall–Kier alpha value is -0.380. The highest BCUT2D eigenvalue weighted by Gasteiger charge is 2.09. The summed E-state index contributed by atoms with van der Waals surface area (Å²) in [6.07, 6.45) is 5.07. The highest BCUT2D eigenvalue weighted by molar-refractivity contribution is 7.07. The highest BCUT2D eigenvalue weighted by Crippen LogP contribution is 2.19. The maximum absolute atomic E-state index is 5.76. The topological polar surface area (TPSA) is 35.2 Å². The van der Waals surface area contributed by atoms with Gasteiger partial charge in [-0.25, -0.2) is 0 Å². The summed E-state index contributed by atoms with van der Waals surface area (Å²) in [4.78, 5) is 0. The maximum atomic E-state index is 5.76. The highest BCUT2D eigenvalue weighted by atomic mass is 32.1. The van der Waals surface area contributed by atoms with E-state index in [2.05, 4.69) is 23.8 Å². The molecule has 1 aromatic rings. The van der Waals surface area contributed by atoms with Crippen molar-refractivity contribution in [3.8, 4) is 0 Å². The fraction of sp³-hybridized carbons (Fsp3) is 0.667. The molecule has 0 saturated carbocycles. The summed E-state index contributed by atoms with van der Waals surface area (Å²) in [5, 5.41) is 4.18. The lowest BCUT2D eigenvalue weighted by atomic mass is 10.2. The Kier molecular flexibility index (Phi) is 6.64. The van der Waals surface area contributed by atoms with Gasteiger partial charge in [0.15, 0.2) is 0 Å². The van der Waals surface area contributed by atoms with Gasteiger partial charge in [0.2, 0.25) is 0 Å². The zero-order chi connectivity index (χ0) is 10.9. The third kappa shape index (κ3) is 4.78. The third-order valence-electron chi connectivity index (χ3n) is 2.45. The number of unbranched alkanes of at least 4 members (excludes halogenated alkanes) is 3. The Bertz CT molecular complexity index is 236. The summed E-state index contributed by atoms with van der Waals surface area (Å²) >= 11 is 1.70. The Morgan fingerprint density at radius 3 is 2.87 bits per heavy atom. The van der Waals surface area contributed by atoms with Gasteiger partial charge in [-0.3, -0.25) is 0 Å². The van der Waals surface area contributed by atoms with Crippen molar-refractivity contribution in [2.24, 2.45) is 5.73 Å². The van der Waals surface area contributed by atoms with Crippen molar-refractivity contribution in [3.63, 3.8) is 0 Å². The second kappa shape index (κ2) is 7.85. The molecule has 0 aliphatic rings. The average Bonchev–Trinajstić information content (AvgIpc) is 2.77. The van der Waals surface area contributed by atoms with Crippen molar-refractivity contribution < 1.29 is 4.74 Å². The first kappa shape index (κ1) is 12.7. The van der Waals surface area contributed by atoms with Gasteiger partial charge in [0.1, 0.15) is 0 Å². The van der Waals surface area contributed by atoms with Gasteiger partial charge in [-0.1, -0.05) is 26.2 Å². The molecule has 0 saturated heterocycles. The SMILES string of the molecule is CCCCCCOC(CN)c1ccsc1. The van der Waals surface area contributed by atoms with Crippen LogP contribution in [0.2, 0.25) is 0 Å². The van der Waals surface area contributed by atoms with Crippen molar-refractivity contribution in [1.29, 1.82) is 0 Å². The van der Waals surface area contributed by atoms with Crippen molar-refractivity contribution in [2.45, 2.75) is 38.7 Å². The van der Waals surface area contributed by atoms with Crippen molar-refractivity contribution in [2.75, 3.05) is 13.2 Å². The van der Waals surface area contributed by atoms with Gasteiger partial charge in [0.05, 0.1) is 6.10 Å². The lowest BCUT2D eigenvalue weighted by molar-refractivity contribution is 0.0561. The van der Waals surface area contributed by atoms with E-state index in [1.54, 1.807) is 11.3 Å². The zero-order valence-electron chi connectivity index (χ0n) is 9.45. The molecule has 15 heavy (non-hydrogen) atoms. The molecule has 86 valence electrons. The van der Waals surface area contributed by atoms with E-state index < -0.39 is 0 Å². The second-order valence-corrected chi connectivity index (χ2v) is 4.49. The first-order valence-corrected chi connectivity index (χ1v) is 6.66.